The number of aromatic nitrogens is 2. The molecule has 0 saturated heterocycles. The molecular weight excluding hydrogens is 382 g/mol. The van der Waals surface area contributed by atoms with Gasteiger partial charge in [0.15, 0.2) is 0 Å². The van der Waals surface area contributed by atoms with E-state index >= 15 is 0 Å². The van der Waals surface area contributed by atoms with Crippen LogP contribution in [0.1, 0.15) is 19.7 Å². The summed E-state index contributed by atoms with van der Waals surface area (Å²) in [6.07, 6.45) is 0. The topological polar surface area (TPSA) is 30.3 Å². The quantitative estimate of drug-likeness (QED) is 0.371. The lowest BCUT2D eigenvalue weighted by Gasteiger charge is -2.19. The summed E-state index contributed by atoms with van der Waals surface area (Å²) in [6, 6.07) is 20.3. The number of likely N-dealkylation sites (N-methyl/N-ethyl adjacent to an activating group) is 1. The third-order valence-corrected chi connectivity index (χ3v) is 5.67. The van der Waals surface area contributed by atoms with Gasteiger partial charge in [-0.2, -0.15) is 0 Å². The normalized spacial score (nSPS) is 11.6. The van der Waals surface area contributed by atoms with E-state index in [-0.39, 0.29) is 0 Å². The Bertz CT molecular complexity index is 1110. The van der Waals surface area contributed by atoms with Crippen molar-refractivity contribution < 1.29 is 4.74 Å². The van der Waals surface area contributed by atoms with Gasteiger partial charge in [0, 0.05) is 23.5 Å². The molecule has 4 nitrogen and oxygen atoms in total. The molecule has 4 aromatic rings. The predicted molar refractivity (Wildman–Crippen MR) is 121 cm³/mol. The molecule has 0 fully saturated rings. The molecule has 0 spiro atoms. The average Bonchev–Trinajstić information content (AvgIpc) is 3.09. The van der Waals surface area contributed by atoms with Crippen LogP contribution in [-0.4, -0.2) is 34.1 Å². The van der Waals surface area contributed by atoms with Crippen molar-refractivity contribution in [3.63, 3.8) is 0 Å². The number of hydrogen-bond donors (Lipinski definition) is 0. The molecule has 1 heterocycles. The average molecular weight is 408 g/mol. The number of ether oxygens (including phenoxy) is 1. The zero-order chi connectivity index (χ0) is 20.2. The van der Waals surface area contributed by atoms with E-state index in [0.717, 1.165) is 59.2 Å². The van der Waals surface area contributed by atoms with Crippen molar-refractivity contribution in [2.75, 3.05) is 19.6 Å². The zero-order valence-electron chi connectivity index (χ0n) is 16.9. The highest BCUT2D eigenvalue weighted by Crippen LogP contribution is 2.27. The molecule has 5 heteroatoms. The smallest absolute Gasteiger partial charge is 0.148 e. The minimum Gasteiger partial charge on any atom is -0.485 e. The van der Waals surface area contributed by atoms with Gasteiger partial charge >= 0.3 is 0 Å². The Hall–Kier alpha value is -2.56. The maximum absolute atomic E-state index is 6.27. The third-order valence-electron chi connectivity index (χ3n) is 5.43. The van der Waals surface area contributed by atoms with Crippen molar-refractivity contribution in [1.82, 2.24) is 14.5 Å². The molecule has 0 atom stereocenters. The van der Waals surface area contributed by atoms with E-state index in [9.17, 15) is 0 Å². The molecule has 0 saturated carbocycles. The SMILES string of the molecule is CCN(CC)CCn1c(COc2cccc3ccccc23)nc2ccc(Cl)cc21. The predicted octanol–water partition coefficient (Wildman–Crippen LogP) is 5.76. The number of halogens is 1. The van der Waals surface area contributed by atoms with Gasteiger partial charge in [0.05, 0.1) is 11.0 Å². The van der Waals surface area contributed by atoms with Crippen molar-refractivity contribution >= 4 is 33.4 Å². The van der Waals surface area contributed by atoms with E-state index in [1.54, 1.807) is 0 Å². The molecule has 0 aliphatic heterocycles. The first-order valence-corrected chi connectivity index (χ1v) is 10.5. The van der Waals surface area contributed by atoms with Gasteiger partial charge in [-0.25, -0.2) is 4.98 Å². The summed E-state index contributed by atoms with van der Waals surface area (Å²) in [5.74, 6) is 1.80. The van der Waals surface area contributed by atoms with Crippen molar-refractivity contribution in [2.24, 2.45) is 0 Å². The maximum atomic E-state index is 6.27. The van der Waals surface area contributed by atoms with Gasteiger partial charge in [-0.1, -0.05) is 61.8 Å². The highest BCUT2D eigenvalue weighted by atomic mass is 35.5. The molecular formula is C24H26ClN3O. The summed E-state index contributed by atoms with van der Waals surface area (Å²) in [6.45, 7) is 8.68. The van der Waals surface area contributed by atoms with Gasteiger partial charge in [0.1, 0.15) is 18.2 Å². The van der Waals surface area contributed by atoms with Crippen LogP contribution in [0.3, 0.4) is 0 Å². The van der Waals surface area contributed by atoms with E-state index in [1.165, 1.54) is 5.39 Å². The molecule has 0 aliphatic carbocycles. The van der Waals surface area contributed by atoms with E-state index in [0.29, 0.717) is 6.61 Å². The summed E-state index contributed by atoms with van der Waals surface area (Å²) in [5.41, 5.74) is 2.01. The molecule has 0 radical (unpaired) electrons. The standard InChI is InChI=1S/C24H26ClN3O/c1-3-27(4-2)14-15-28-22-16-19(25)12-13-21(22)26-24(28)17-29-23-11-7-9-18-8-5-6-10-20(18)23/h5-13,16H,3-4,14-15,17H2,1-2H3. The van der Waals surface area contributed by atoms with Crippen LogP contribution in [0.5, 0.6) is 5.75 Å². The molecule has 0 unspecified atom stereocenters. The van der Waals surface area contributed by atoms with E-state index in [1.807, 2.05) is 42.5 Å². The Kier molecular flexibility index (Phi) is 6.02. The van der Waals surface area contributed by atoms with Gasteiger partial charge in [-0.05, 0) is 42.7 Å². The van der Waals surface area contributed by atoms with Gasteiger partial charge < -0.3 is 14.2 Å². The monoisotopic (exact) mass is 407 g/mol. The molecule has 3 aromatic carbocycles. The molecule has 0 N–H and O–H groups in total. The summed E-state index contributed by atoms with van der Waals surface area (Å²) >= 11 is 6.27. The highest BCUT2D eigenvalue weighted by Gasteiger charge is 2.13. The molecule has 29 heavy (non-hydrogen) atoms. The molecule has 4 rings (SSSR count). The van der Waals surface area contributed by atoms with Crippen LogP contribution in [0.25, 0.3) is 21.8 Å². The second kappa shape index (κ2) is 8.85. The van der Waals surface area contributed by atoms with Crippen molar-refractivity contribution in [3.8, 4) is 5.75 Å². The van der Waals surface area contributed by atoms with E-state index in [4.69, 9.17) is 21.3 Å². The van der Waals surface area contributed by atoms with Crippen molar-refractivity contribution in [2.45, 2.75) is 27.0 Å². The minimum absolute atomic E-state index is 0.415. The summed E-state index contributed by atoms with van der Waals surface area (Å²) < 4.78 is 8.48. The zero-order valence-corrected chi connectivity index (χ0v) is 17.7. The molecule has 150 valence electrons. The first-order chi connectivity index (χ1) is 14.2. The second-order valence-electron chi connectivity index (χ2n) is 7.11. The van der Waals surface area contributed by atoms with Crippen LogP contribution in [0.4, 0.5) is 0 Å². The number of benzene rings is 3. The minimum atomic E-state index is 0.415. The molecule has 1 aromatic heterocycles. The lowest BCUT2D eigenvalue weighted by Crippen LogP contribution is -2.27. The summed E-state index contributed by atoms with van der Waals surface area (Å²) in [7, 11) is 0. The fraction of sp³-hybridized carbons (Fsp3) is 0.292. The van der Waals surface area contributed by atoms with Crippen molar-refractivity contribution in [3.05, 3.63) is 71.5 Å². The van der Waals surface area contributed by atoms with Crippen LogP contribution in [-0.2, 0) is 13.2 Å². The number of imidazole rings is 1. The van der Waals surface area contributed by atoms with E-state index < -0.39 is 0 Å². The molecule has 0 aliphatic rings. The Balaban J connectivity index is 1.64. The summed E-state index contributed by atoms with van der Waals surface area (Å²) in [5, 5.41) is 3.01. The highest BCUT2D eigenvalue weighted by molar-refractivity contribution is 6.31. The number of nitrogens with zero attached hydrogens (tertiary/aromatic N) is 3. The van der Waals surface area contributed by atoms with Gasteiger partial charge in [-0.15, -0.1) is 0 Å². The number of rotatable bonds is 8. The van der Waals surface area contributed by atoms with Crippen LogP contribution < -0.4 is 4.74 Å². The van der Waals surface area contributed by atoms with Crippen molar-refractivity contribution in [1.29, 1.82) is 0 Å². The van der Waals surface area contributed by atoms with Gasteiger partial charge in [0.25, 0.3) is 0 Å². The lowest BCUT2D eigenvalue weighted by atomic mass is 10.1. The van der Waals surface area contributed by atoms with Crippen LogP contribution >= 0.6 is 11.6 Å². The Labute approximate surface area is 176 Å². The van der Waals surface area contributed by atoms with Gasteiger partial charge in [-0.3, -0.25) is 0 Å². The van der Waals surface area contributed by atoms with E-state index in [2.05, 4.69) is 41.5 Å². The maximum Gasteiger partial charge on any atom is 0.148 e. The number of fused-ring (bicyclic) bond motifs is 2. The Morgan fingerprint density at radius 3 is 2.62 bits per heavy atom. The van der Waals surface area contributed by atoms with Crippen LogP contribution in [0.2, 0.25) is 5.02 Å². The van der Waals surface area contributed by atoms with Crippen LogP contribution in [0, 0.1) is 0 Å². The molecule has 0 amide bonds. The third kappa shape index (κ3) is 4.24. The number of hydrogen-bond acceptors (Lipinski definition) is 3. The lowest BCUT2D eigenvalue weighted by molar-refractivity contribution is 0.273. The summed E-state index contributed by atoms with van der Waals surface area (Å²) in [4.78, 5) is 7.25. The fourth-order valence-electron chi connectivity index (χ4n) is 3.75. The Morgan fingerprint density at radius 2 is 1.79 bits per heavy atom. The largest absolute Gasteiger partial charge is 0.485 e. The first kappa shape index (κ1) is 19.7. The second-order valence-corrected chi connectivity index (χ2v) is 7.54. The fourth-order valence-corrected chi connectivity index (χ4v) is 3.92. The first-order valence-electron chi connectivity index (χ1n) is 10.2. The van der Waals surface area contributed by atoms with Gasteiger partial charge in [0.2, 0.25) is 0 Å². The van der Waals surface area contributed by atoms with Crippen LogP contribution in [0.15, 0.2) is 60.7 Å². The molecule has 0 bridgehead atoms. The Morgan fingerprint density at radius 1 is 1.00 bits per heavy atom.